The normalized spacial score (nSPS) is 10.0. The van der Waals surface area contributed by atoms with Crippen LogP contribution in [0.5, 0.6) is 11.5 Å². The number of rotatable bonds is 5. The molecule has 0 N–H and O–H groups in total. The lowest BCUT2D eigenvalue weighted by Gasteiger charge is -2.13. The van der Waals surface area contributed by atoms with E-state index in [2.05, 4.69) is 0 Å². The van der Waals surface area contributed by atoms with Crippen LogP contribution in [-0.4, -0.2) is 25.2 Å². The Labute approximate surface area is 127 Å². The van der Waals surface area contributed by atoms with Crippen LogP contribution < -0.4 is 9.47 Å². The van der Waals surface area contributed by atoms with E-state index in [1.54, 1.807) is 36.4 Å². The van der Waals surface area contributed by atoms with Crippen LogP contribution >= 0.6 is 11.6 Å². The Morgan fingerprint density at radius 1 is 0.952 bits per heavy atom. The molecule has 0 heterocycles. The van der Waals surface area contributed by atoms with Gasteiger partial charge in [0.25, 0.3) is 5.24 Å². The lowest BCUT2D eigenvalue weighted by molar-refractivity contribution is 0.102. The highest BCUT2D eigenvalue weighted by Gasteiger charge is 2.24. The van der Waals surface area contributed by atoms with Crippen molar-refractivity contribution in [1.29, 1.82) is 0 Å². The van der Waals surface area contributed by atoms with Gasteiger partial charge in [0.1, 0.15) is 0 Å². The molecule has 0 bridgehead atoms. The van der Waals surface area contributed by atoms with Gasteiger partial charge in [0, 0.05) is 11.1 Å². The molecule has 0 atom stereocenters. The largest absolute Gasteiger partial charge is 0.493 e. The standard InChI is InChI=1S/C16H13ClO4/c1-20-12-9-8-11(13(16(17)19)15(12)21-2)14(18)10-6-4-3-5-7-10/h3-9H,1-2H3. The van der Waals surface area contributed by atoms with Crippen molar-refractivity contribution in [2.24, 2.45) is 0 Å². The van der Waals surface area contributed by atoms with Crippen molar-refractivity contribution in [3.63, 3.8) is 0 Å². The molecule has 5 heteroatoms. The molecule has 0 unspecified atom stereocenters. The molecule has 2 rings (SSSR count). The molecule has 4 nitrogen and oxygen atoms in total. The van der Waals surface area contributed by atoms with Gasteiger partial charge in [-0.05, 0) is 23.7 Å². The lowest BCUT2D eigenvalue weighted by atomic mass is 9.97. The number of ether oxygens (including phenoxy) is 2. The maximum absolute atomic E-state index is 12.5. The van der Waals surface area contributed by atoms with Gasteiger partial charge in [0.2, 0.25) is 0 Å². The number of hydrogen-bond acceptors (Lipinski definition) is 4. The summed E-state index contributed by atoms with van der Waals surface area (Å²) in [5.41, 5.74) is 0.648. The molecule has 0 radical (unpaired) electrons. The number of halogens is 1. The van der Waals surface area contributed by atoms with Crippen LogP contribution in [0.3, 0.4) is 0 Å². The van der Waals surface area contributed by atoms with Gasteiger partial charge in [-0.1, -0.05) is 30.3 Å². The summed E-state index contributed by atoms with van der Waals surface area (Å²) in [6.45, 7) is 0. The number of ketones is 1. The molecular formula is C16H13ClO4. The van der Waals surface area contributed by atoms with Gasteiger partial charge >= 0.3 is 0 Å². The summed E-state index contributed by atoms with van der Waals surface area (Å²) in [4.78, 5) is 24.3. The fourth-order valence-corrected chi connectivity index (χ4v) is 2.24. The van der Waals surface area contributed by atoms with E-state index in [0.29, 0.717) is 11.3 Å². The average molecular weight is 305 g/mol. The highest BCUT2D eigenvalue weighted by molar-refractivity contribution is 6.68. The summed E-state index contributed by atoms with van der Waals surface area (Å²) >= 11 is 5.63. The first-order valence-electron chi connectivity index (χ1n) is 6.14. The summed E-state index contributed by atoms with van der Waals surface area (Å²) < 4.78 is 10.3. The monoisotopic (exact) mass is 304 g/mol. The van der Waals surface area contributed by atoms with E-state index in [1.807, 2.05) is 0 Å². The second-order valence-corrected chi connectivity index (χ2v) is 4.54. The smallest absolute Gasteiger partial charge is 0.257 e. The Morgan fingerprint density at radius 2 is 1.62 bits per heavy atom. The zero-order valence-corrected chi connectivity index (χ0v) is 12.3. The minimum Gasteiger partial charge on any atom is -0.493 e. The molecule has 0 spiro atoms. The third-order valence-electron chi connectivity index (χ3n) is 3.02. The SMILES string of the molecule is COc1ccc(C(=O)c2ccccc2)c(C(=O)Cl)c1OC. The number of benzene rings is 2. The molecule has 0 aliphatic rings. The maximum Gasteiger partial charge on any atom is 0.257 e. The first kappa shape index (κ1) is 15.1. The van der Waals surface area contributed by atoms with E-state index in [0.717, 1.165) is 0 Å². The van der Waals surface area contributed by atoms with Crippen LogP contribution in [0, 0.1) is 0 Å². The molecule has 2 aromatic carbocycles. The first-order valence-corrected chi connectivity index (χ1v) is 6.52. The molecule has 108 valence electrons. The van der Waals surface area contributed by atoms with Crippen molar-refractivity contribution < 1.29 is 19.1 Å². The number of hydrogen-bond donors (Lipinski definition) is 0. The van der Waals surface area contributed by atoms with Crippen LogP contribution in [0.2, 0.25) is 0 Å². The first-order chi connectivity index (χ1) is 10.1. The van der Waals surface area contributed by atoms with Crippen molar-refractivity contribution in [1.82, 2.24) is 0 Å². The summed E-state index contributed by atoms with van der Waals surface area (Å²) in [7, 11) is 2.83. The summed E-state index contributed by atoms with van der Waals surface area (Å²) in [5, 5.41) is -0.773. The fourth-order valence-electron chi connectivity index (χ4n) is 2.06. The topological polar surface area (TPSA) is 52.6 Å². The zero-order valence-electron chi connectivity index (χ0n) is 11.6. The van der Waals surface area contributed by atoms with Gasteiger partial charge in [-0.2, -0.15) is 0 Å². The maximum atomic E-state index is 12.5. The highest BCUT2D eigenvalue weighted by atomic mass is 35.5. The number of carbonyl (C=O) groups excluding carboxylic acids is 2. The molecule has 0 aromatic heterocycles. The molecule has 0 aliphatic heterocycles. The van der Waals surface area contributed by atoms with Crippen LogP contribution in [0.15, 0.2) is 42.5 Å². The Balaban J connectivity index is 2.64. The number of methoxy groups -OCH3 is 2. The van der Waals surface area contributed by atoms with E-state index in [1.165, 1.54) is 20.3 Å². The van der Waals surface area contributed by atoms with Gasteiger partial charge in [0.15, 0.2) is 17.3 Å². The van der Waals surface area contributed by atoms with Crippen molar-refractivity contribution >= 4 is 22.6 Å². The molecule has 21 heavy (non-hydrogen) atoms. The van der Waals surface area contributed by atoms with Crippen molar-refractivity contribution in [3.8, 4) is 11.5 Å². The van der Waals surface area contributed by atoms with Crippen LogP contribution in [0.4, 0.5) is 0 Å². The fraction of sp³-hybridized carbons (Fsp3) is 0.125. The highest BCUT2D eigenvalue weighted by Crippen LogP contribution is 2.35. The average Bonchev–Trinajstić information content (AvgIpc) is 2.53. The van der Waals surface area contributed by atoms with Crippen molar-refractivity contribution in [2.75, 3.05) is 14.2 Å². The second kappa shape index (κ2) is 6.41. The van der Waals surface area contributed by atoms with Gasteiger partial charge < -0.3 is 9.47 Å². The predicted molar refractivity (Wildman–Crippen MR) is 79.6 cm³/mol. The van der Waals surface area contributed by atoms with Crippen molar-refractivity contribution in [3.05, 3.63) is 59.2 Å². The Bertz CT molecular complexity index is 680. The van der Waals surface area contributed by atoms with Gasteiger partial charge in [-0.3, -0.25) is 9.59 Å². The lowest BCUT2D eigenvalue weighted by Crippen LogP contribution is -2.10. The van der Waals surface area contributed by atoms with Crippen LogP contribution in [0.25, 0.3) is 0 Å². The minimum atomic E-state index is -0.773. The van der Waals surface area contributed by atoms with Crippen molar-refractivity contribution in [2.45, 2.75) is 0 Å². The molecular weight excluding hydrogens is 292 g/mol. The van der Waals surface area contributed by atoms with E-state index in [4.69, 9.17) is 21.1 Å². The zero-order chi connectivity index (χ0) is 15.4. The van der Waals surface area contributed by atoms with E-state index in [9.17, 15) is 9.59 Å². The van der Waals surface area contributed by atoms with Gasteiger partial charge in [-0.25, -0.2) is 0 Å². The summed E-state index contributed by atoms with van der Waals surface area (Å²) in [5.74, 6) is 0.186. The predicted octanol–water partition coefficient (Wildman–Crippen LogP) is 3.31. The van der Waals surface area contributed by atoms with Gasteiger partial charge in [0.05, 0.1) is 19.8 Å². The minimum absolute atomic E-state index is 0.00682. The third kappa shape index (κ3) is 2.90. The van der Waals surface area contributed by atoms with Gasteiger partial charge in [-0.15, -0.1) is 0 Å². The molecule has 0 amide bonds. The summed E-state index contributed by atoms with van der Waals surface area (Å²) in [6, 6.07) is 11.7. The van der Waals surface area contributed by atoms with E-state index >= 15 is 0 Å². The Morgan fingerprint density at radius 3 is 2.14 bits per heavy atom. The molecule has 0 aliphatic carbocycles. The molecule has 2 aromatic rings. The number of carbonyl (C=O) groups is 2. The molecule has 0 saturated carbocycles. The molecule has 0 fully saturated rings. The Kier molecular flexibility index (Phi) is 4.60. The summed E-state index contributed by atoms with van der Waals surface area (Å²) in [6.07, 6.45) is 0. The quantitative estimate of drug-likeness (QED) is 0.628. The molecule has 0 saturated heterocycles. The van der Waals surface area contributed by atoms with E-state index in [-0.39, 0.29) is 22.7 Å². The van der Waals surface area contributed by atoms with E-state index < -0.39 is 5.24 Å². The third-order valence-corrected chi connectivity index (χ3v) is 3.21. The second-order valence-electron chi connectivity index (χ2n) is 4.19. The Hall–Kier alpha value is -2.33. The van der Waals surface area contributed by atoms with Crippen LogP contribution in [0.1, 0.15) is 26.3 Å². The van der Waals surface area contributed by atoms with Crippen LogP contribution in [-0.2, 0) is 0 Å².